The van der Waals surface area contributed by atoms with E-state index in [1.807, 2.05) is 30.3 Å². The molecule has 1 unspecified atom stereocenters. The number of nitrogens with zero attached hydrogens (tertiary/aromatic N) is 1. The topological polar surface area (TPSA) is 62.8 Å². The Balaban J connectivity index is 1.88. The van der Waals surface area contributed by atoms with Crippen molar-refractivity contribution in [3.05, 3.63) is 85.5 Å². The number of para-hydroxylation sites is 1. The van der Waals surface area contributed by atoms with Gasteiger partial charge >= 0.3 is 5.63 Å². The van der Waals surface area contributed by atoms with Crippen LogP contribution in [0, 0.1) is 10.5 Å². The Bertz CT molecular complexity index is 1110. The Morgan fingerprint density at radius 1 is 1.19 bits per heavy atom. The lowest BCUT2D eigenvalue weighted by Crippen LogP contribution is -2.17. The normalized spacial score (nSPS) is 16.4. The Labute approximate surface area is 174 Å². The maximum Gasteiger partial charge on any atom is 0.348 e. The third-order valence-corrected chi connectivity index (χ3v) is 6.33. The number of thioether (sulfide) groups is 1. The molecule has 0 saturated carbocycles. The van der Waals surface area contributed by atoms with E-state index in [1.165, 1.54) is 6.07 Å². The van der Waals surface area contributed by atoms with Crippen molar-refractivity contribution in [2.45, 2.75) is 23.5 Å². The predicted molar refractivity (Wildman–Crippen MR) is 116 cm³/mol. The van der Waals surface area contributed by atoms with E-state index in [0.29, 0.717) is 17.9 Å². The van der Waals surface area contributed by atoms with Crippen LogP contribution < -0.4 is 5.63 Å². The van der Waals surface area contributed by atoms with Gasteiger partial charge in [0, 0.05) is 26.2 Å². The Kier molecular flexibility index (Phi) is 5.10. The van der Waals surface area contributed by atoms with Crippen LogP contribution in [-0.4, -0.2) is 10.8 Å². The smallest absolute Gasteiger partial charge is 0.348 e. The van der Waals surface area contributed by atoms with Gasteiger partial charge < -0.3 is 9.52 Å². The number of aromatic hydroxyl groups is 1. The minimum absolute atomic E-state index is 0.0715. The maximum absolute atomic E-state index is 12.5. The molecule has 0 saturated heterocycles. The number of aliphatic imine (C=N–C) groups is 1. The molecule has 1 atom stereocenters. The van der Waals surface area contributed by atoms with Gasteiger partial charge in [0.05, 0.1) is 11.4 Å². The minimum atomic E-state index is -0.558. The molecule has 4 rings (SSSR count). The summed E-state index contributed by atoms with van der Waals surface area (Å²) in [5.41, 5.74) is 2.09. The molecular formula is C21H16INO3S. The summed E-state index contributed by atoms with van der Waals surface area (Å²) in [6.07, 6.45) is 0.515. The second-order valence-electron chi connectivity index (χ2n) is 6.30. The molecule has 1 aromatic heterocycles. The second kappa shape index (κ2) is 7.52. The van der Waals surface area contributed by atoms with Crippen LogP contribution in [0.15, 0.2) is 73.7 Å². The lowest BCUT2D eigenvalue weighted by atomic mass is 10.0. The van der Waals surface area contributed by atoms with E-state index in [0.717, 1.165) is 19.7 Å². The van der Waals surface area contributed by atoms with Gasteiger partial charge in [-0.3, -0.25) is 4.99 Å². The SMILES string of the molecule is Cc1cc(O)c(C2=Nc3ccccc3SC(c3cccc(I)c3)C2)c(=O)o1. The summed E-state index contributed by atoms with van der Waals surface area (Å²) in [5, 5.41) is 10.5. The molecule has 1 aliphatic rings. The number of rotatable bonds is 2. The van der Waals surface area contributed by atoms with Crippen LogP contribution in [0.4, 0.5) is 5.69 Å². The fourth-order valence-corrected chi connectivity index (χ4v) is 4.91. The highest BCUT2D eigenvalue weighted by atomic mass is 127. The van der Waals surface area contributed by atoms with Crippen molar-refractivity contribution < 1.29 is 9.52 Å². The van der Waals surface area contributed by atoms with Gasteiger partial charge in [-0.2, -0.15) is 0 Å². The molecule has 3 aromatic rings. The van der Waals surface area contributed by atoms with Crippen molar-refractivity contribution in [2.24, 2.45) is 4.99 Å². The maximum atomic E-state index is 12.5. The molecule has 4 nitrogen and oxygen atoms in total. The third-order valence-electron chi connectivity index (χ3n) is 4.33. The molecular weight excluding hydrogens is 473 g/mol. The van der Waals surface area contributed by atoms with E-state index in [9.17, 15) is 9.90 Å². The molecule has 0 radical (unpaired) electrons. The van der Waals surface area contributed by atoms with Crippen molar-refractivity contribution in [2.75, 3.05) is 0 Å². The van der Waals surface area contributed by atoms with Gasteiger partial charge in [-0.25, -0.2) is 4.79 Å². The third kappa shape index (κ3) is 3.82. The molecule has 0 bridgehead atoms. The first kappa shape index (κ1) is 18.3. The van der Waals surface area contributed by atoms with Crippen LogP contribution in [-0.2, 0) is 0 Å². The van der Waals surface area contributed by atoms with Crippen molar-refractivity contribution in [1.29, 1.82) is 0 Å². The highest BCUT2D eigenvalue weighted by Gasteiger charge is 2.26. The van der Waals surface area contributed by atoms with Crippen LogP contribution >= 0.6 is 34.4 Å². The molecule has 0 aliphatic carbocycles. The Hall–Kier alpha value is -2.06. The number of hydrogen-bond donors (Lipinski definition) is 1. The van der Waals surface area contributed by atoms with E-state index in [4.69, 9.17) is 9.41 Å². The first-order valence-electron chi connectivity index (χ1n) is 8.44. The summed E-state index contributed by atoms with van der Waals surface area (Å²) in [5.74, 6) is 0.285. The number of fused-ring (bicyclic) bond motifs is 1. The molecule has 27 heavy (non-hydrogen) atoms. The lowest BCUT2D eigenvalue weighted by molar-refractivity contribution is 0.432. The predicted octanol–water partition coefficient (Wildman–Crippen LogP) is 5.62. The molecule has 2 aromatic carbocycles. The Morgan fingerprint density at radius 2 is 2.00 bits per heavy atom. The van der Waals surface area contributed by atoms with Gasteiger partial charge in [0.15, 0.2) is 0 Å². The van der Waals surface area contributed by atoms with Crippen molar-refractivity contribution >= 4 is 45.8 Å². The first-order chi connectivity index (χ1) is 13.0. The average molecular weight is 489 g/mol. The molecule has 1 N–H and O–H groups in total. The summed E-state index contributed by atoms with van der Waals surface area (Å²) in [7, 11) is 0. The fourth-order valence-electron chi connectivity index (χ4n) is 3.12. The molecule has 0 amide bonds. The van der Waals surface area contributed by atoms with Gasteiger partial charge in [0.25, 0.3) is 0 Å². The van der Waals surface area contributed by atoms with Gasteiger partial charge in [-0.1, -0.05) is 24.3 Å². The van der Waals surface area contributed by atoms with Crippen molar-refractivity contribution in [3.8, 4) is 5.75 Å². The zero-order valence-corrected chi connectivity index (χ0v) is 17.5. The van der Waals surface area contributed by atoms with Crippen LogP contribution in [0.5, 0.6) is 5.75 Å². The second-order valence-corrected chi connectivity index (χ2v) is 8.79. The fraction of sp³-hybridized carbons (Fsp3) is 0.143. The van der Waals surface area contributed by atoms with E-state index in [-0.39, 0.29) is 16.6 Å². The minimum Gasteiger partial charge on any atom is -0.507 e. The van der Waals surface area contributed by atoms with Crippen LogP contribution in [0.3, 0.4) is 0 Å². The van der Waals surface area contributed by atoms with Crippen molar-refractivity contribution in [3.63, 3.8) is 0 Å². The summed E-state index contributed by atoms with van der Waals surface area (Å²) in [4.78, 5) is 18.2. The highest BCUT2D eigenvalue weighted by Crippen LogP contribution is 2.45. The highest BCUT2D eigenvalue weighted by molar-refractivity contribution is 14.1. The zero-order chi connectivity index (χ0) is 19.0. The van der Waals surface area contributed by atoms with Crippen LogP contribution in [0.1, 0.15) is 28.6 Å². The molecule has 2 heterocycles. The summed E-state index contributed by atoms with van der Waals surface area (Å²) in [6.45, 7) is 1.64. The van der Waals surface area contributed by atoms with E-state index >= 15 is 0 Å². The van der Waals surface area contributed by atoms with E-state index in [1.54, 1.807) is 18.7 Å². The number of hydrogen-bond acceptors (Lipinski definition) is 5. The number of aryl methyl sites for hydroxylation is 1. The lowest BCUT2D eigenvalue weighted by Gasteiger charge is -2.16. The Morgan fingerprint density at radius 3 is 2.78 bits per heavy atom. The van der Waals surface area contributed by atoms with Gasteiger partial charge in [-0.15, -0.1) is 11.8 Å². The molecule has 136 valence electrons. The monoisotopic (exact) mass is 489 g/mol. The molecule has 1 aliphatic heterocycles. The van der Waals surface area contributed by atoms with E-state index in [2.05, 4.69) is 40.8 Å². The van der Waals surface area contributed by atoms with Crippen LogP contribution in [0.25, 0.3) is 0 Å². The van der Waals surface area contributed by atoms with Crippen molar-refractivity contribution in [1.82, 2.24) is 0 Å². The zero-order valence-electron chi connectivity index (χ0n) is 14.5. The number of benzene rings is 2. The first-order valence-corrected chi connectivity index (χ1v) is 10.4. The molecule has 0 spiro atoms. The van der Waals surface area contributed by atoms with Gasteiger partial charge in [0.1, 0.15) is 17.1 Å². The largest absolute Gasteiger partial charge is 0.507 e. The standard InChI is InChI=1S/C21H16INO3S/c1-12-9-17(24)20(21(25)26-12)16-11-19(13-5-4-6-14(22)10-13)27-18-8-3-2-7-15(18)23-16/h2-10,19,24H,11H2,1H3. The molecule has 6 heteroatoms. The van der Waals surface area contributed by atoms with Gasteiger partial charge in [-0.05, 0) is 59.3 Å². The number of halogens is 1. The summed E-state index contributed by atoms with van der Waals surface area (Å²) >= 11 is 4.02. The quantitative estimate of drug-likeness (QED) is 0.475. The summed E-state index contributed by atoms with van der Waals surface area (Å²) < 4.78 is 6.38. The van der Waals surface area contributed by atoms with Gasteiger partial charge in [0.2, 0.25) is 0 Å². The average Bonchev–Trinajstić information content (AvgIpc) is 2.80. The molecule has 0 fully saturated rings. The van der Waals surface area contributed by atoms with Crippen LogP contribution in [0.2, 0.25) is 0 Å². The van der Waals surface area contributed by atoms with E-state index < -0.39 is 5.63 Å². The summed E-state index contributed by atoms with van der Waals surface area (Å²) in [6, 6.07) is 17.6.